The van der Waals surface area contributed by atoms with Gasteiger partial charge < -0.3 is 10.1 Å². The van der Waals surface area contributed by atoms with Gasteiger partial charge in [-0.15, -0.1) is 0 Å². The number of benzene rings is 2. The molecule has 0 aliphatic heterocycles. The van der Waals surface area contributed by atoms with Crippen LogP contribution in [0.1, 0.15) is 28.5 Å². The van der Waals surface area contributed by atoms with E-state index in [0.29, 0.717) is 29.6 Å². The molecule has 134 valence electrons. The molecule has 3 aromatic rings. The maximum atomic E-state index is 12.6. The van der Waals surface area contributed by atoms with E-state index in [4.69, 9.17) is 16.3 Å². The molecule has 1 heterocycles. The van der Waals surface area contributed by atoms with Gasteiger partial charge in [-0.1, -0.05) is 41.9 Å². The Bertz CT molecular complexity index is 889. The molecule has 5 nitrogen and oxygen atoms in total. The van der Waals surface area contributed by atoms with Crippen LogP contribution >= 0.6 is 11.6 Å². The van der Waals surface area contributed by atoms with E-state index < -0.39 is 0 Å². The molecule has 0 aliphatic rings. The van der Waals surface area contributed by atoms with Crippen LogP contribution in [0.3, 0.4) is 0 Å². The lowest BCUT2D eigenvalue weighted by atomic mass is 10.2. The van der Waals surface area contributed by atoms with Crippen molar-refractivity contribution in [3.8, 4) is 11.4 Å². The molecule has 0 saturated carbocycles. The lowest BCUT2D eigenvalue weighted by Gasteiger charge is -2.07. The number of amides is 1. The molecule has 1 N–H and O–H groups in total. The number of nitrogens with one attached hydrogen (secondary N) is 1. The number of aromatic nitrogens is 2. The van der Waals surface area contributed by atoms with E-state index in [9.17, 15) is 4.79 Å². The summed E-state index contributed by atoms with van der Waals surface area (Å²) in [4.78, 5) is 12.6. The second kappa shape index (κ2) is 8.06. The van der Waals surface area contributed by atoms with E-state index in [2.05, 4.69) is 10.4 Å². The van der Waals surface area contributed by atoms with Crippen LogP contribution in [-0.4, -0.2) is 22.3 Å². The summed E-state index contributed by atoms with van der Waals surface area (Å²) >= 11 is 6.42. The highest BCUT2D eigenvalue weighted by Crippen LogP contribution is 2.23. The first-order chi connectivity index (χ1) is 12.6. The minimum absolute atomic E-state index is 0.247. The maximum Gasteiger partial charge on any atom is 0.256 e. The minimum Gasteiger partial charge on any atom is -0.494 e. The van der Waals surface area contributed by atoms with Gasteiger partial charge in [0.05, 0.1) is 23.6 Å². The summed E-state index contributed by atoms with van der Waals surface area (Å²) in [7, 11) is 0. The number of aryl methyl sites for hydroxylation is 1. The predicted molar refractivity (Wildman–Crippen MR) is 102 cm³/mol. The van der Waals surface area contributed by atoms with Crippen molar-refractivity contribution in [2.45, 2.75) is 20.4 Å². The van der Waals surface area contributed by atoms with E-state index in [1.807, 2.05) is 61.5 Å². The quantitative estimate of drug-likeness (QED) is 0.709. The number of nitrogens with zero attached hydrogens (tertiary/aromatic N) is 2. The van der Waals surface area contributed by atoms with Crippen molar-refractivity contribution in [1.29, 1.82) is 0 Å². The third kappa shape index (κ3) is 3.89. The van der Waals surface area contributed by atoms with Gasteiger partial charge in [0.15, 0.2) is 0 Å². The van der Waals surface area contributed by atoms with Gasteiger partial charge in [-0.2, -0.15) is 5.10 Å². The highest BCUT2D eigenvalue weighted by Gasteiger charge is 2.20. The lowest BCUT2D eigenvalue weighted by Crippen LogP contribution is -2.23. The smallest absolute Gasteiger partial charge is 0.256 e. The van der Waals surface area contributed by atoms with Crippen LogP contribution in [-0.2, 0) is 6.54 Å². The van der Waals surface area contributed by atoms with Gasteiger partial charge in [0, 0.05) is 6.54 Å². The topological polar surface area (TPSA) is 56.1 Å². The van der Waals surface area contributed by atoms with E-state index in [-0.39, 0.29) is 5.91 Å². The number of halogens is 1. The van der Waals surface area contributed by atoms with Gasteiger partial charge in [0.1, 0.15) is 10.9 Å². The molecule has 2 aromatic carbocycles. The van der Waals surface area contributed by atoms with Gasteiger partial charge in [-0.05, 0) is 43.7 Å². The fraction of sp³-hybridized carbons (Fsp3) is 0.200. The van der Waals surface area contributed by atoms with Crippen molar-refractivity contribution >= 4 is 17.5 Å². The maximum absolute atomic E-state index is 12.6. The van der Waals surface area contributed by atoms with Crippen LogP contribution in [0.4, 0.5) is 0 Å². The third-order valence-corrected chi connectivity index (χ3v) is 4.27. The standard InChI is InChI=1S/C20H20ClN3O2/c1-3-26-17-11-9-15(10-12-17)13-22-20(25)18-14(2)23-24(19(18)21)16-7-5-4-6-8-16/h4-12H,3,13H2,1-2H3,(H,22,25). The predicted octanol–water partition coefficient (Wildman–Crippen LogP) is 4.16. The second-order valence-corrected chi connectivity index (χ2v) is 6.12. The molecule has 1 aromatic heterocycles. The molecule has 0 aliphatic carbocycles. The van der Waals surface area contributed by atoms with E-state index in [0.717, 1.165) is 17.0 Å². The Hall–Kier alpha value is -2.79. The van der Waals surface area contributed by atoms with E-state index in [1.54, 1.807) is 11.6 Å². The van der Waals surface area contributed by atoms with Gasteiger partial charge in [-0.3, -0.25) is 4.79 Å². The Balaban J connectivity index is 1.73. The summed E-state index contributed by atoms with van der Waals surface area (Å²) in [5, 5.41) is 7.60. The SMILES string of the molecule is CCOc1ccc(CNC(=O)c2c(C)nn(-c3ccccc3)c2Cl)cc1. The van der Waals surface area contributed by atoms with Crippen LogP contribution in [0.2, 0.25) is 5.15 Å². The van der Waals surface area contributed by atoms with Crippen LogP contribution in [0.5, 0.6) is 5.75 Å². The first-order valence-corrected chi connectivity index (χ1v) is 8.78. The number of hydrogen-bond donors (Lipinski definition) is 1. The normalized spacial score (nSPS) is 10.6. The van der Waals surface area contributed by atoms with Crippen molar-refractivity contribution in [1.82, 2.24) is 15.1 Å². The monoisotopic (exact) mass is 369 g/mol. The van der Waals surface area contributed by atoms with Crippen LogP contribution in [0.25, 0.3) is 5.69 Å². The second-order valence-electron chi connectivity index (χ2n) is 5.76. The molecule has 0 unspecified atom stereocenters. The number of carbonyl (C=O) groups excluding carboxylic acids is 1. The number of hydrogen-bond acceptors (Lipinski definition) is 3. The van der Waals surface area contributed by atoms with E-state index in [1.165, 1.54) is 0 Å². The fourth-order valence-corrected chi connectivity index (χ4v) is 3.00. The highest BCUT2D eigenvalue weighted by molar-refractivity contribution is 6.33. The van der Waals surface area contributed by atoms with Gasteiger partial charge >= 0.3 is 0 Å². The average Bonchev–Trinajstić information content (AvgIpc) is 2.96. The first kappa shape index (κ1) is 18.0. The zero-order valence-corrected chi connectivity index (χ0v) is 15.5. The highest BCUT2D eigenvalue weighted by atomic mass is 35.5. The summed E-state index contributed by atoms with van der Waals surface area (Å²) in [5.74, 6) is 0.564. The number of rotatable bonds is 6. The van der Waals surface area contributed by atoms with Gasteiger partial charge in [-0.25, -0.2) is 4.68 Å². The lowest BCUT2D eigenvalue weighted by molar-refractivity contribution is 0.0950. The summed E-state index contributed by atoms with van der Waals surface area (Å²) < 4.78 is 6.99. The Kier molecular flexibility index (Phi) is 5.58. The Morgan fingerprint density at radius 3 is 2.50 bits per heavy atom. The molecular formula is C20H20ClN3O2. The Morgan fingerprint density at radius 1 is 1.15 bits per heavy atom. The van der Waals surface area contributed by atoms with Crippen molar-refractivity contribution in [3.63, 3.8) is 0 Å². The molecule has 26 heavy (non-hydrogen) atoms. The summed E-state index contributed by atoms with van der Waals surface area (Å²) in [6.45, 7) is 4.74. The Labute approximate surface area is 157 Å². The average molecular weight is 370 g/mol. The van der Waals surface area contributed by atoms with Crippen LogP contribution in [0.15, 0.2) is 54.6 Å². The molecule has 0 atom stereocenters. The van der Waals surface area contributed by atoms with Crippen molar-refractivity contribution in [3.05, 3.63) is 76.6 Å². The molecule has 0 spiro atoms. The van der Waals surface area contributed by atoms with Crippen molar-refractivity contribution in [2.24, 2.45) is 0 Å². The van der Waals surface area contributed by atoms with Crippen molar-refractivity contribution in [2.75, 3.05) is 6.61 Å². The third-order valence-electron chi connectivity index (χ3n) is 3.92. The molecule has 0 saturated heterocycles. The molecule has 1 amide bonds. The minimum atomic E-state index is -0.247. The molecule has 0 bridgehead atoms. The first-order valence-electron chi connectivity index (χ1n) is 8.40. The fourth-order valence-electron chi connectivity index (χ4n) is 2.64. The Morgan fingerprint density at radius 2 is 1.85 bits per heavy atom. The largest absolute Gasteiger partial charge is 0.494 e. The summed E-state index contributed by atoms with van der Waals surface area (Å²) in [6.07, 6.45) is 0. The zero-order valence-electron chi connectivity index (χ0n) is 14.7. The molecule has 3 rings (SSSR count). The van der Waals surface area contributed by atoms with Gasteiger partial charge in [0.25, 0.3) is 5.91 Å². The van der Waals surface area contributed by atoms with E-state index >= 15 is 0 Å². The number of ether oxygens (including phenoxy) is 1. The number of para-hydroxylation sites is 1. The molecule has 0 radical (unpaired) electrons. The summed E-state index contributed by atoms with van der Waals surface area (Å²) in [6, 6.07) is 17.1. The molecule has 0 fully saturated rings. The van der Waals surface area contributed by atoms with Gasteiger partial charge in [0.2, 0.25) is 0 Å². The van der Waals surface area contributed by atoms with Crippen molar-refractivity contribution < 1.29 is 9.53 Å². The van der Waals surface area contributed by atoms with Crippen LogP contribution < -0.4 is 10.1 Å². The molecule has 6 heteroatoms. The van der Waals surface area contributed by atoms with Crippen LogP contribution in [0, 0.1) is 6.92 Å². The summed E-state index contributed by atoms with van der Waals surface area (Å²) in [5.41, 5.74) is 2.77. The zero-order chi connectivity index (χ0) is 18.5. The molecular weight excluding hydrogens is 350 g/mol. The number of carbonyl (C=O) groups is 1.